The summed E-state index contributed by atoms with van der Waals surface area (Å²) in [4.78, 5) is 4.32. The molecule has 3 aromatic rings. The zero-order valence-corrected chi connectivity index (χ0v) is 9.04. The van der Waals surface area contributed by atoms with Crippen LogP contribution < -0.4 is 11.5 Å². The molecule has 0 radical (unpaired) electrons. The maximum Gasteiger partial charge on any atom is 0.163 e. The van der Waals surface area contributed by atoms with Crippen LogP contribution in [0.15, 0.2) is 42.7 Å². The molecule has 2 aromatic heterocycles. The van der Waals surface area contributed by atoms with Crippen molar-refractivity contribution in [2.45, 2.75) is 0 Å². The van der Waals surface area contributed by atoms with E-state index in [0.717, 1.165) is 10.8 Å². The number of rotatable bonds is 1. The van der Waals surface area contributed by atoms with Gasteiger partial charge in [0.1, 0.15) is 0 Å². The fourth-order valence-corrected chi connectivity index (χ4v) is 1.81. The molecule has 1 aromatic carbocycles. The number of pyridine rings is 1. The van der Waals surface area contributed by atoms with Crippen LogP contribution in [0.4, 0.5) is 11.5 Å². The van der Waals surface area contributed by atoms with Gasteiger partial charge in [0.25, 0.3) is 0 Å². The molecule has 0 aliphatic rings. The second-order valence-electron chi connectivity index (χ2n) is 3.75. The van der Waals surface area contributed by atoms with Gasteiger partial charge in [0.2, 0.25) is 0 Å². The maximum absolute atomic E-state index is 5.86. The van der Waals surface area contributed by atoms with Crippen molar-refractivity contribution in [2.75, 3.05) is 11.5 Å². The number of benzene rings is 1. The van der Waals surface area contributed by atoms with E-state index in [2.05, 4.69) is 10.1 Å². The highest BCUT2D eigenvalue weighted by Gasteiger charge is 2.10. The number of hydrogen-bond donors (Lipinski definition) is 2. The molecule has 5 heteroatoms. The summed E-state index contributed by atoms with van der Waals surface area (Å²) in [7, 11) is 0. The van der Waals surface area contributed by atoms with Crippen LogP contribution in [0.1, 0.15) is 0 Å². The predicted octanol–water partition coefficient (Wildman–Crippen LogP) is 1.58. The van der Waals surface area contributed by atoms with Crippen molar-refractivity contribution in [3.63, 3.8) is 0 Å². The second kappa shape index (κ2) is 3.48. The highest BCUT2D eigenvalue weighted by atomic mass is 15.3. The van der Waals surface area contributed by atoms with E-state index < -0.39 is 0 Å². The minimum absolute atomic E-state index is 0.411. The largest absolute Gasteiger partial charge is 0.394 e. The van der Waals surface area contributed by atoms with E-state index in [1.54, 1.807) is 10.9 Å². The Bertz CT molecular complexity index is 681. The predicted molar refractivity (Wildman–Crippen MR) is 67.7 cm³/mol. The van der Waals surface area contributed by atoms with Crippen molar-refractivity contribution in [1.82, 2.24) is 14.8 Å². The molecule has 0 aliphatic carbocycles. The Morgan fingerprint density at radius 1 is 1.06 bits per heavy atom. The zero-order chi connectivity index (χ0) is 11.8. The van der Waals surface area contributed by atoms with Gasteiger partial charge in [0.15, 0.2) is 11.6 Å². The van der Waals surface area contributed by atoms with Crippen molar-refractivity contribution in [3.8, 4) is 5.82 Å². The van der Waals surface area contributed by atoms with Crippen LogP contribution in [0.25, 0.3) is 16.6 Å². The van der Waals surface area contributed by atoms with E-state index in [1.165, 1.54) is 6.20 Å². The number of fused-ring (bicyclic) bond motifs is 1. The average Bonchev–Trinajstić information content (AvgIpc) is 2.69. The Labute approximate surface area is 97.7 Å². The van der Waals surface area contributed by atoms with Crippen molar-refractivity contribution in [1.29, 1.82) is 0 Å². The fraction of sp³-hybridized carbons (Fsp3) is 0. The number of anilines is 2. The molecule has 0 bridgehead atoms. The normalized spacial score (nSPS) is 10.8. The molecule has 0 saturated carbocycles. The lowest BCUT2D eigenvalue weighted by molar-refractivity contribution is 0.866. The molecule has 84 valence electrons. The molecule has 0 aliphatic heterocycles. The molecule has 0 fully saturated rings. The zero-order valence-electron chi connectivity index (χ0n) is 9.04. The number of nitrogens with two attached hydrogens (primary N) is 2. The Balaban J connectivity index is 2.34. The summed E-state index contributed by atoms with van der Waals surface area (Å²) in [6.45, 7) is 0. The average molecular weight is 225 g/mol. The van der Waals surface area contributed by atoms with Crippen LogP contribution in [0.3, 0.4) is 0 Å². The lowest BCUT2D eigenvalue weighted by atomic mass is 10.1. The van der Waals surface area contributed by atoms with E-state index in [9.17, 15) is 0 Å². The van der Waals surface area contributed by atoms with Gasteiger partial charge in [-0.1, -0.05) is 24.3 Å². The van der Waals surface area contributed by atoms with Crippen LogP contribution in [-0.4, -0.2) is 14.8 Å². The third-order valence-corrected chi connectivity index (χ3v) is 2.69. The molecule has 0 saturated heterocycles. The Kier molecular flexibility index (Phi) is 1.98. The first-order valence-electron chi connectivity index (χ1n) is 5.20. The van der Waals surface area contributed by atoms with Crippen LogP contribution in [0, 0.1) is 0 Å². The third-order valence-electron chi connectivity index (χ3n) is 2.69. The number of aromatic nitrogens is 3. The molecule has 3 rings (SSSR count). The van der Waals surface area contributed by atoms with E-state index in [-0.39, 0.29) is 0 Å². The van der Waals surface area contributed by atoms with Crippen molar-refractivity contribution in [2.24, 2.45) is 0 Å². The summed E-state index contributed by atoms with van der Waals surface area (Å²) in [6.07, 6.45) is 3.26. The van der Waals surface area contributed by atoms with E-state index in [1.807, 2.05) is 30.3 Å². The Hall–Kier alpha value is -2.56. The van der Waals surface area contributed by atoms with Gasteiger partial charge in [-0.15, -0.1) is 0 Å². The minimum atomic E-state index is 0.411. The smallest absolute Gasteiger partial charge is 0.163 e. The third kappa shape index (κ3) is 1.40. The standard InChI is InChI=1S/C12H11N5/c13-10-7-16-17(11(10)14)12-9-4-2-1-3-8(9)5-6-15-12/h1-7H,13-14H2. The summed E-state index contributed by atoms with van der Waals surface area (Å²) in [5.41, 5.74) is 12.0. The minimum Gasteiger partial charge on any atom is -0.394 e. The molecule has 0 amide bonds. The molecule has 5 nitrogen and oxygen atoms in total. The Morgan fingerprint density at radius 3 is 2.65 bits per heavy atom. The molecular formula is C12H11N5. The van der Waals surface area contributed by atoms with Crippen molar-refractivity contribution >= 4 is 22.3 Å². The summed E-state index contributed by atoms with van der Waals surface area (Å²) in [6, 6.07) is 9.88. The highest BCUT2D eigenvalue weighted by Crippen LogP contribution is 2.23. The fourth-order valence-electron chi connectivity index (χ4n) is 1.81. The van der Waals surface area contributed by atoms with Gasteiger partial charge >= 0.3 is 0 Å². The summed E-state index contributed by atoms with van der Waals surface area (Å²) in [5.74, 6) is 1.10. The maximum atomic E-state index is 5.86. The molecule has 0 unspecified atom stereocenters. The number of nitrogen functional groups attached to an aromatic ring is 2. The van der Waals surface area contributed by atoms with E-state index in [0.29, 0.717) is 17.3 Å². The summed E-state index contributed by atoms with van der Waals surface area (Å²) >= 11 is 0. The van der Waals surface area contributed by atoms with Gasteiger partial charge in [-0.25, -0.2) is 4.98 Å². The molecule has 4 N–H and O–H groups in total. The first kappa shape index (κ1) is 9.65. The van der Waals surface area contributed by atoms with Crippen molar-refractivity contribution in [3.05, 3.63) is 42.7 Å². The van der Waals surface area contributed by atoms with Gasteiger partial charge in [-0.2, -0.15) is 9.78 Å². The second-order valence-corrected chi connectivity index (χ2v) is 3.75. The number of nitrogens with zero attached hydrogens (tertiary/aromatic N) is 3. The lowest BCUT2D eigenvalue weighted by Gasteiger charge is -2.06. The van der Waals surface area contributed by atoms with Gasteiger partial charge < -0.3 is 11.5 Å². The molecular weight excluding hydrogens is 214 g/mol. The molecule has 0 spiro atoms. The quantitative estimate of drug-likeness (QED) is 0.658. The monoisotopic (exact) mass is 225 g/mol. The highest BCUT2D eigenvalue weighted by molar-refractivity contribution is 5.88. The lowest BCUT2D eigenvalue weighted by Crippen LogP contribution is -2.05. The van der Waals surface area contributed by atoms with Gasteiger partial charge in [-0.05, 0) is 11.5 Å². The van der Waals surface area contributed by atoms with Crippen molar-refractivity contribution < 1.29 is 0 Å². The number of hydrogen-bond acceptors (Lipinski definition) is 4. The van der Waals surface area contributed by atoms with Gasteiger partial charge in [-0.3, -0.25) is 0 Å². The van der Waals surface area contributed by atoms with Crippen LogP contribution in [0.2, 0.25) is 0 Å². The van der Waals surface area contributed by atoms with Gasteiger partial charge in [0, 0.05) is 11.6 Å². The van der Waals surface area contributed by atoms with Gasteiger partial charge in [0.05, 0.1) is 11.9 Å². The topological polar surface area (TPSA) is 82.8 Å². The summed E-state index contributed by atoms with van der Waals surface area (Å²) < 4.78 is 1.55. The molecule has 2 heterocycles. The summed E-state index contributed by atoms with van der Waals surface area (Å²) in [5, 5.41) is 6.22. The van der Waals surface area contributed by atoms with E-state index >= 15 is 0 Å². The van der Waals surface area contributed by atoms with Crippen LogP contribution >= 0.6 is 0 Å². The molecule has 0 atom stereocenters. The van der Waals surface area contributed by atoms with E-state index in [4.69, 9.17) is 11.5 Å². The SMILES string of the molecule is Nc1cnn(-c2nccc3ccccc23)c1N. The first-order chi connectivity index (χ1) is 8.27. The Morgan fingerprint density at radius 2 is 1.88 bits per heavy atom. The van der Waals surface area contributed by atoms with Crippen LogP contribution in [0.5, 0.6) is 0 Å². The van der Waals surface area contributed by atoms with Crippen LogP contribution in [-0.2, 0) is 0 Å². The molecule has 17 heavy (non-hydrogen) atoms. The first-order valence-corrected chi connectivity index (χ1v) is 5.20.